The minimum Gasteiger partial charge on any atom is -0.339 e. The summed E-state index contributed by atoms with van der Waals surface area (Å²) in [5.74, 6) is 0.820. The van der Waals surface area contributed by atoms with Gasteiger partial charge in [-0.15, -0.1) is 11.3 Å². The first-order valence-electron chi connectivity index (χ1n) is 8.23. The average molecular weight is 500 g/mol. The molecule has 2 aromatic carbocycles. The van der Waals surface area contributed by atoms with E-state index in [0.717, 1.165) is 37.1 Å². The fraction of sp³-hybridized carbons (Fsp3) is 0. The zero-order valence-corrected chi connectivity index (χ0v) is 17.8. The Kier molecular flexibility index (Phi) is 4.22. The van der Waals surface area contributed by atoms with E-state index in [1.54, 1.807) is 17.7 Å². The number of nitrogens with zero attached hydrogens (tertiary/aromatic N) is 3. The zero-order chi connectivity index (χ0) is 18.4. The molecule has 0 aliphatic rings. The minimum absolute atomic E-state index is 0.820. The van der Waals surface area contributed by atoms with Crippen LogP contribution in [0.1, 0.15) is 0 Å². The fourth-order valence-electron chi connectivity index (χ4n) is 3.05. The van der Waals surface area contributed by atoms with E-state index in [9.17, 15) is 0 Å². The van der Waals surface area contributed by atoms with Crippen molar-refractivity contribution in [3.63, 3.8) is 0 Å². The Morgan fingerprint density at radius 3 is 2.70 bits per heavy atom. The van der Waals surface area contributed by atoms with Gasteiger partial charge in [-0.25, -0.2) is 9.97 Å². The summed E-state index contributed by atoms with van der Waals surface area (Å²) < 4.78 is 4.01. The van der Waals surface area contributed by atoms with E-state index >= 15 is 0 Å². The number of benzene rings is 2. The topological polar surface area (TPSA) is 42.7 Å². The fourth-order valence-corrected chi connectivity index (χ4v) is 5.43. The third-order valence-corrected chi connectivity index (χ3v) is 6.74. The Balaban J connectivity index is 1.57. The molecule has 0 amide bonds. The standard InChI is InChI=1S/C20H12Br2N4S/c21-15-10-26(22)17-7-6-13(8-14(15)17)25-20-19-16(23-11-24-20)9-18(27-19)12-4-2-1-3-5-12/h1-11H,(H,23,24,25). The van der Waals surface area contributed by atoms with Crippen molar-refractivity contribution >= 4 is 76.0 Å². The van der Waals surface area contributed by atoms with Crippen molar-refractivity contribution in [3.8, 4) is 10.4 Å². The van der Waals surface area contributed by atoms with Gasteiger partial charge in [0.2, 0.25) is 0 Å². The van der Waals surface area contributed by atoms with Crippen LogP contribution in [0.2, 0.25) is 0 Å². The Hall–Kier alpha value is -2.22. The molecule has 132 valence electrons. The molecule has 0 fully saturated rings. The largest absolute Gasteiger partial charge is 0.339 e. The van der Waals surface area contributed by atoms with Gasteiger partial charge in [0.15, 0.2) is 5.82 Å². The molecular weight excluding hydrogens is 488 g/mol. The van der Waals surface area contributed by atoms with Crippen molar-refractivity contribution in [2.45, 2.75) is 0 Å². The van der Waals surface area contributed by atoms with Crippen LogP contribution in [0, 0.1) is 0 Å². The normalized spacial score (nSPS) is 11.3. The van der Waals surface area contributed by atoms with Crippen LogP contribution in [-0.4, -0.2) is 13.6 Å². The van der Waals surface area contributed by atoms with Gasteiger partial charge >= 0.3 is 0 Å². The third kappa shape index (κ3) is 3.05. The lowest BCUT2D eigenvalue weighted by Gasteiger charge is -2.07. The molecule has 0 atom stereocenters. The number of rotatable bonds is 3. The Morgan fingerprint density at radius 2 is 1.85 bits per heavy atom. The number of aromatic nitrogens is 3. The van der Waals surface area contributed by atoms with Crippen molar-refractivity contribution in [3.05, 3.63) is 71.6 Å². The Morgan fingerprint density at radius 1 is 1.00 bits per heavy atom. The maximum Gasteiger partial charge on any atom is 0.151 e. The maximum absolute atomic E-state index is 4.48. The smallest absolute Gasteiger partial charge is 0.151 e. The second-order valence-corrected chi connectivity index (χ2v) is 8.73. The predicted octanol–water partition coefficient (Wildman–Crippen LogP) is 6.98. The number of halogens is 2. The zero-order valence-electron chi connectivity index (χ0n) is 13.9. The molecular formula is C20H12Br2N4S. The summed E-state index contributed by atoms with van der Waals surface area (Å²) >= 11 is 8.82. The van der Waals surface area contributed by atoms with Gasteiger partial charge in [-0.1, -0.05) is 30.3 Å². The summed E-state index contributed by atoms with van der Waals surface area (Å²) in [4.78, 5) is 10.1. The predicted molar refractivity (Wildman–Crippen MR) is 120 cm³/mol. The molecule has 5 aromatic rings. The summed E-state index contributed by atoms with van der Waals surface area (Å²) in [5.41, 5.74) is 4.22. The first-order chi connectivity index (χ1) is 13.2. The summed E-state index contributed by atoms with van der Waals surface area (Å²) in [5, 5.41) is 4.58. The van der Waals surface area contributed by atoms with Crippen molar-refractivity contribution in [1.29, 1.82) is 0 Å². The van der Waals surface area contributed by atoms with Gasteiger partial charge in [0.05, 0.1) is 31.9 Å². The maximum atomic E-state index is 4.48. The van der Waals surface area contributed by atoms with Crippen LogP contribution in [0.3, 0.4) is 0 Å². The number of anilines is 2. The SMILES string of the molecule is Brc1cn(Br)c2ccc(Nc3ncnc4cc(-c5ccccc5)sc34)cc12. The van der Waals surface area contributed by atoms with E-state index in [1.165, 1.54) is 10.4 Å². The Bertz CT molecular complexity index is 1280. The van der Waals surface area contributed by atoms with Gasteiger partial charge < -0.3 is 5.32 Å². The van der Waals surface area contributed by atoms with E-state index < -0.39 is 0 Å². The molecule has 0 spiro atoms. The van der Waals surface area contributed by atoms with E-state index in [2.05, 4.69) is 77.7 Å². The van der Waals surface area contributed by atoms with E-state index in [4.69, 9.17) is 0 Å². The minimum atomic E-state index is 0.820. The van der Waals surface area contributed by atoms with Crippen LogP contribution in [0.25, 0.3) is 31.6 Å². The Labute approximate surface area is 176 Å². The molecule has 0 aliphatic heterocycles. The molecule has 0 saturated heterocycles. The second-order valence-electron chi connectivity index (χ2n) is 6.06. The quantitative estimate of drug-likeness (QED) is 0.291. The summed E-state index contributed by atoms with van der Waals surface area (Å²) in [6.45, 7) is 0. The van der Waals surface area contributed by atoms with Gasteiger partial charge in [0.25, 0.3) is 0 Å². The molecule has 0 saturated carbocycles. The molecule has 7 heteroatoms. The highest BCUT2D eigenvalue weighted by Gasteiger charge is 2.12. The summed E-state index contributed by atoms with van der Waals surface area (Å²) in [7, 11) is 0. The van der Waals surface area contributed by atoms with Gasteiger partial charge in [0.1, 0.15) is 6.33 Å². The number of thiophene rings is 1. The van der Waals surface area contributed by atoms with Crippen LogP contribution in [0.5, 0.6) is 0 Å². The van der Waals surface area contributed by atoms with Crippen LogP contribution < -0.4 is 5.32 Å². The number of fused-ring (bicyclic) bond motifs is 2. The van der Waals surface area contributed by atoms with E-state index in [1.807, 2.05) is 34.1 Å². The summed E-state index contributed by atoms with van der Waals surface area (Å²) in [6.07, 6.45) is 3.60. The van der Waals surface area contributed by atoms with Gasteiger partial charge in [-0.3, -0.25) is 3.59 Å². The van der Waals surface area contributed by atoms with E-state index in [0.29, 0.717) is 0 Å². The van der Waals surface area contributed by atoms with Crippen molar-refractivity contribution < 1.29 is 0 Å². The molecule has 0 unspecified atom stereocenters. The molecule has 1 N–H and O–H groups in total. The first-order valence-corrected chi connectivity index (χ1v) is 10.5. The lowest BCUT2D eigenvalue weighted by Crippen LogP contribution is -1.94. The highest BCUT2D eigenvalue weighted by Crippen LogP contribution is 2.37. The van der Waals surface area contributed by atoms with Crippen LogP contribution in [0.4, 0.5) is 11.5 Å². The molecule has 4 nitrogen and oxygen atoms in total. The molecule has 27 heavy (non-hydrogen) atoms. The molecule has 3 heterocycles. The van der Waals surface area contributed by atoms with E-state index in [-0.39, 0.29) is 0 Å². The first kappa shape index (κ1) is 16.9. The van der Waals surface area contributed by atoms with Gasteiger partial charge in [-0.2, -0.15) is 0 Å². The number of nitrogens with one attached hydrogen (secondary N) is 1. The average Bonchev–Trinajstić information content (AvgIpc) is 3.25. The van der Waals surface area contributed by atoms with Gasteiger partial charge in [0, 0.05) is 26.6 Å². The molecule has 0 aliphatic carbocycles. The van der Waals surface area contributed by atoms with Crippen LogP contribution in [-0.2, 0) is 0 Å². The third-order valence-electron chi connectivity index (χ3n) is 4.34. The van der Waals surface area contributed by atoms with Crippen molar-refractivity contribution in [2.24, 2.45) is 0 Å². The second kappa shape index (κ2) is 6.74. The monoisotopic (exact) mass is 498 g/mol. The lowest BCUT2D eigenvalue weighted by atomic mass is 10.2. The highest BCUT2D eigenvalue weighted by molar-refractivity contribution is 9.10. The van der Waals surface area contributed by atoms with Gasteiger partial charge in [-0.05, 0) is 45.8 Å². The molecule has 3 aromatic heterocycles. The summed E-state index contributed by atoms with van der Waals surface area (Å²) in [6, 6.07) is 18.7. The number of hydrogen-bond acceptors (Lipinski definition) is 4. The number of hydrogen-bond donors (Lipinski definition) is 1. The van der Waals surface area contributed by atoms with Crippen LogP contribution in [0.15, 0.2) is 71.6 Å². The van der Waals surface area contributed by atoms with Crippen LogP contribution >= 0.6 is 43.4 Å². The highest BCUT2D eigenvalue weighted by atomic mass is 79.9. The molecule has 5 rings (SSSR count). The van der Waals surface area contributed by atoms with Crippen molar-refractivity contribution in [1.82, 2.24) is 13.6 Å². The van der Waals surface area contributed by atoms with Crippen molar-refractivity contribution in [2.75, 3.05) is 5.32 Å². The molecule has 0 radical (unpaired) electrons. The lowest BCUT2D eigenvalue weighted by molar-refractivity contribution is 1.23. The molecule has 0 bridgehead atoms.